The molecule has 1 N–H and O–H groups in total. The van der Waals surface area contributed by atoms with Crippen LogP contribution in [-0.2, 0) is 10.5 Å². The summed E-state index contributed by atoms with van der Waals surface area (Å²) in [4.78, 5) is 11.7. The topological polar surface area (TPSA) is 29.1 Å². The van der Waals surface area contributed by atoms with Crippen LogP contribution in [0, 0.1) is 5.82 Å². The summed E-state index contributed by atoms with van der Waals surface area (Å²) in [5.74, 6) is 0.599. The molecule has 1 aliphatic carbocycles. The third-order valence-corrected chi connectivity index (χ3v) is 4.44. The Labute approximate surface area is 122 Å². The van der Waals surface area contributed by atoms with Crippen LogP contribution in [0.5, 0.6) is 0 Å². The number of thioether (sulfide) groups is 1. The highest BCUT2D eigenvalue weighted by molar-refractivity contribution is 7.99. The van der Waals surface area contributed by atoms with Crippen molar-refractivity contribution in [2.45, 2.75) is 37.5 Å². The van der Waals surface area contributed by atoms with Gasteiger partial charge in [0.1, 0.15) is 5.82 Å². The minimum absolute atomic E-state index is 0.0475. The van der Waals surface area contributed by atoms with Crippen molar-refractivity contribution in [3.63, 3.8) is 0 Å². The Morgan fingerprint density at radius 2 is 2.16 bits per heavy atom. The summed E-state index contributed by atoms with van der Waals surface area (Å²) >= 11 is 7.11. The van der Waals surface area contributed by atoms with E-state index in [0.717, 1.165) is 12.8 Å². The van der Waals surface area contributed by atoms with Gasteiger partial charge in [-0.3, -0.25) is 4.79 Å². The van der Waals surface area contributed by atoms with Crippen LogP contribution < -0.4 is 5.32 Å². The molecule has 1 aromatic rings. The number of rotatable bonds is 5. The summed E-state index contributed by atoms with van der Waals surface area (Å²) in [7, 11) is 0. The Hall–Kier alpha value is -0.740. The van der Waals surface area contributed by atoms with Gasteiger partial charge in [0.25, 0.3) is 0 Å². The molecule has 0 bridgehead atoms. The molecule has 19 heavy (non-hydrogen) atoms. The summed E-state index contributed by atoms with van der Waals surface area (Å²) < 4.78 is 13.5. The fourth-order valence-corrected chi connectivity index (χ4v) is 3.22. The van der Waals surface area contributed by atoms with Gasteiger partial charge in [0.05, 0.1) is 5.75 Å². The van der Waals surface area contributed by atoms with Gasteiger partial charge < -0.3 is 5.32 Å². The third kappa shape index (κ3) is 4.69. The molecule has 1 aromatic carbocycles. The van der Waals surface area contributed by atoms with Crippen molar-refractivity contribution in [2.24, 2.45) is 0 Å². The molecule has 2 rings (SSSR count). The maximum Gasteiger partial charge on any atom is 0.230 e. The highest BCUT2D eigenvalue weighted by atomic mass is 35.5. The Bertz CT molecular complexity index is 449. The first-order valence-electron chi connectivity index (χ1n) is 6.46. The molecule has 1 saturated carbocycles. The first-order chi connectivity index (χ1) is 9.15. The number of carbonyl (C=O) groups is 1. The van der Waals surface area contributed by atoms with Crippen molar-refractivity contribution < 1.29 is 9.18 Å². The zero-order chi connectivity index (χ0) is 13.7. The Balaban J connectivity index is 1.72. The molecule has 0 heterocycles. The van der Waals surface area contributed by atoms with E-state index in [-0.39, 0.29) is 11.7 Å². The number of hydrogen-bond donors (Lipinski definition) is 1. The molecule has 0 atom stereocenters. The molecule has 104 valence electrons. The van der Waals surface area contributed by atoms with Crippen molar-refractivity contribution in [1.29, 1.82) is 0 Å². The van der Waals surface area contributed by atoms with Crippen molar-refractivity contribution in [3.8, 4) is 0 Å². The second kappa shape index (κ2) is 7.15. The number of carbonyl (C=O) groups excluding carboxylic acids is 1. The molecule has 0 aliphatic heterocycles. The molecule has 1 amide bonds. The fourth-order valence-electron chi connectivity index (χ4n) is 2.23. The summed E-state index contributed by atoms with van der Waals surface area (Å²) in [6, 6.07) is 4.98. The van der Waals surface area contributed by atoms with Gasteiger partial charge in [-0.15, -0.1) is 11.8 Å². The van der Waals surface area contributed by atoms with E-state index >= 15 is 0 Å². The van der Waals surface area contributed by atoms with E-state index in [1.165, 1.54) is 30.7 Å². The van der Waals surface area contributed by atoms with Crippen molar-refractivity contribution in [1.82, 2.24) is 5.32 Å². The molecule has 2 nitrogen and oxygen atoms in total. The highest BCUT2D eigenvalue weighted by Gasteiger charge is 2.16. The Kier molecular flexibility index (Phi) is 5.52. The van der Waals surface area contributed by atoms with E-state index in [0.29, 0.717) is 28.1 Å². The van der Waals surface area contributed by atoms with Crippen LogP contribution in [0.15, 0.2) is 18.2 Å². The fraction of sp³-hybridized carbons (Fsp3) is 0.500. The lowest BCUT2D eigenvalue weighted by atomic mass is 10.2. The first kappa shape index (κ1) is 14.7. The van der Waals surface area contributed by atoms with Crippen molar-refractivity contribution in [2.75, 3.05) is 5.75 Å². The average Bonchev–Trinajstić information content (AvgIpc) is 2.84. The van der Waals surface area contributed by atoms with E-state index < -0.39 is 0 Å². The van der Waals surface area contributed by atoms with Gasteiger partial charge in [0, 0.05) is 16.8 Å². The predicted octanol–water partition coefficient (Wildman–Crippen LogP) is 3.77. The second-order valence-corrected chi connectivity index (χ2v) is 6.20. The molecular weight excluding hydrogens is 285 g/mol. The number of amides is 1. The molecule has 0 spiro atoms. The molecule has 5 heteroatoms. The zero-order valence-electron chi connectivity index (χ0n) is 10.6. The van der Waals surface area contributed by atoms with Gasteiger partial charge in [-0.25, -0.2) is 4.39 Å². The third-order valence-electron chi connectivity index (χ3n) is 3.23. The number of nitrogens with one attached hydrogen (secondary N) is 1. The molecule has 0 unspecified atom stereocenters. The van der Waals surface area contributed by atoms with E-state index in [9.17, 15) is 9.18 Å². The normalized spacial score (nSPS) is 15.7. The van der Waals surface area contributed by atoms with Crippen LogP contribution in [0.25, 0.3) is 0 Å². The van der Waals surface area contributed by atoms with Gasteiger partial charge in [-0.2, -0.15) is 0 Å². The van der Waals surface area contributed by atoms with Crippen LogP contribution in [0.2, 0.25) is 5.02 Å². The maximum absolute atomic E-state index is 13.5. The van der Waals surface area contributed by atoms with Gasteiger partial charge in [0.2, 0.25) is 5.91 Å². The number of halogens is 2. The van der Waals surface area contributed by atoms with Gasteiger partial charge in [-0.1, -0.05) is 30.5 Å². The minimum Gasteiger partial charge on any atom is -0.353 e. The summed E-state index contributed by atoms with van der Waals surface area (Å²) in [6.45, 7) is 0. The van der Waals surface area contributed by atoms with Crippen molar-refractivity contribution in [3.05, 3.63) is 34.6 Å². The predicted molar refractivity (Wildman–Crippen MR) is 78.0 cm³/mol. The van der Waals surface area contributed by atoms with Crippen LogP contribution in [0.4, 0.5) is 4.39 Å². The van der Waals surface area contributed by atoms with Gasteiger partial charge in [0.15, 0.2) is 0 Å². The van der Waals surface area contributed by atoms with E-state index in [2.05, 4.69) is 5.32 Å². The second-order valence-electron chi connectivity index (χ2n) is 4.78. The SMILES string of the molecule is O=C(CSCc1ccc(Cl)cc1F)NC1CCCC1. The van der Waals surface area contributed by atoms with Crippen LogP contribution in [0.1, 0.15) is 31.2 Å². The van der Waals surface area contributed by atoms with E-state index in [1.807, 2.05) is 0 Å². The monoisotopic (exact) mass is 301 g/mol. The summed E-state index contributed by atoms with van der Waals surface area (Å²) in [6.07, 6.45) is 4.58. The minimum atomic E-state index is -0.309. The van der Waals surface area contributed by atoms with Crippen LogP contribution >= 0.6 is 23.4 Å². The van der Waals surface area contributed by atoms with E-state index in [4.69, 9.17) is 11.6 Å². The quantitative estimate of drug-likeness (QED) is 0.897. The maximum atomic E-state index is 13.5. The van der Waals surface area contributed by atoms with Gasteiger partial charge >= 0.3 is 0 Å². The average molecular weight is 302 g/mol. The summed E-state index contributed by atoms with van der Waals surface area (Å²) in [5.41, 5.74) is 0.586. The lowest BCUT2D eigenvalue weighted by Crippen LogP contribution is -2.33. The first-order valence-corrected chi connectivity index (χ1v) is 7.99. The Morgan fingerprint density at radius 1 is 1.42 bits per heavy atom. The van der Waals surface area contributed by atoms with Gasteiger partial charge in [-0.05, 0) is 30.5 Å². The molecule has 0 saturated heterocycles. The smallest absolute Gasteiger partial charge is 0.230 e. The van der Waals surface area contributed by atoms with Crippen molar-refractivity contribution >= 4 is 29.3 Å². The lowest BCUT2D eigenvalue weighted by Gasteiger charge is -2.11. The molecule has 1 fully saturated rings. The Morgan fingerprint density at radius 3 is 2.84 bits per heavy atom. The lowest BCUT2D eigenvalue weighted by molar-refractivity contribution is -0.119. The summed E-state index contributed by atoms with van der Waals surface area (Å²) in [5, 5.41) is 3.41. The largest absolute Gasteiger partial charge is 0.353 e. The number of benzene rings is 1. The molecule has 0 aromatic heterocycles. The molecule has 1 aliphatic rings. The molecular formula is C14H17ClFNOS. The van der Waals surface area contributed by atoms with Crippen LogP contribution in [-0.4, -0.2) is 17.7 Å². The molecule has 0 radical (unpaired) electrons. The highest BCUT2D eigenvalue weighted by Crippen LogP contribution is 2.20. The van der Waals surface area contributed by atoms with E-state index in [1.54, 1.807) is 12.1 Å². The standard InChI is InChI=1S/C14H17ClFNOS/c15-11-6-5-10(13(16)7-11)8-19-9-14(18)17-12-3-1-2-4-12/h5-7,12H,1-4,8-9H2,(H,17,18). The zero-order valence-corrected chi connectivity index (χ0v) is 12.2. The van der Waals surface area contributed by atoms with Crippen LogP contribution in [0.3, 0.4) is 0 Å². The number of hydrogen-bond acceptors (Lipinski definition) is 2.